The standard InChI is InChI=1S/7La.3NO3.18H/c;;;;;;;3*2-1(3)4;;;;;;;;;;;;;;;;;;/q7*+3;21*-1. The molecule has 0 spiro atoms. The molecule has 0 aromatic heterocycles. The first kappa shape index (κ1) is 64.0. The van der Waals surface area contributed by atoms with Gasteiger partial charge in [0.05, 0.1) is 15.3 Å². The minimum atomic E-state index is -1.75. The predicted molar refractivity (Wildman–Crippen MR) is 51.1 cm³/mol. The minimum Gasteiger partial charge on any atom is -1.00 e. The molecule has 0 aromatic rings. The molecule has 0 saturated heterocycles. The van der Waals surface area contributed by atoms with Crippen molar-refractivity contribution in [1.29, 1.82) is 0 Å². The second-order valence-corrected chi connectivity index (χ2v) is 0.671. The van der Waals surface area contributed by atoms with Crippen molar-refractivity contribution in [2.45, 2.75) is 0 Å². The number of nitrogens with zero attached hydrogens (tertiary/aromatic N) is 3. The van der Waals surface area contributed by atoms with E-state index in [1.54, 1.807) is 0 Å². The maximum atomic E-state index is 8.25. The topological polar surface area (TPSA) is 199 Å². The fourth-order valence-electron chi connectivity index (χ4n) is 0. The molecule has 108 valence electrons. The molecule has 0 fully saturated rings. The summed E-state index contributed by atoms with van der Waals surface area (Å²) in [7, 11) is 0. The Morgan fingerprint density at radius 2 is 0.421 bits per heavy atom. The number of hydrogen-bond donors (Lipinski definition) is 0. The van der Waals surface area contributed by atoms with E-state index in [-0.39, 0.29) is 275 Å². The molecule has 12 nitrogen and oxygen atoms in total. The van der Waals surface area contributed by atoms with Crippen molar-refractivity contribution in [3.8, 4) is 0 Å². The first-order chi connectivity index (χ1) is 5.20. The van der Waals surface area contributed by atoms with Gasteiger partial charge in [-0.25, -0.2) is 0 Å². The zero-order chi connectivity index (χ0) is 10.7. The zero-order valence-corrected chi connectivity index (χ0v) is 34.4. The van der Waals surface area contributed by atoms with Crippen molar-refractivity contribution in [1.82, 2.24) is 0 Å². The number of hydrogen-bond acceptors (Lipinski definition) is 9. The summed E-state index contributed by atoms with van der Waals surface area (Å²) in [6, 6.07) is 0. The number of rotatable bonds is 0. The Morgan fingerprint density at radius 1 is 0.421 bits per heavy atom. The Bertz CT molecular complexity index is 162. The summed E-state index contributed by atoms with van der Waals surface area (Å²) in [5.74, 6) is 0. The Balaban J connectivity index is -0.000000000944. The molecule has 0 aliphatic carbocycles. The van der Waals surface area contributed by atoms with E-state index in [1.165, 1.54) is 0 Å². The van der Waals surface area contributed by atoms with Crippen LogP contribution >= 0.6 is 0 Å². The van der Waals surface area contributed by atoms with Crippen LogP contribution in [0.2, 0.25) is 0 Å². The third-order valence-electron chi connectivity index (χ3n) is 0. The average molecular weight is 1180 g/mol. The molecule has 0 aliphatic heterocycles. The average Bonchev–Trinajstić information content (AvgIpc) is 1.54. The van der Waals surface area contributed by atoms with Crippen molar-refractivity contribution in [2.24, 2.45) is 0 Å². The molecule has 0 aliphatic rings. The van der Waals surface area contributed by atoms with E-state index >= 15 is 0 Å². The van der Waals surface area contributed by atoms with Gasteiger partial charge in [-0.15, -0.1) is 0 Å². The van der Waals surface area contributed by atoms with E-state index in [2.05, 4.69) is 0 Å². The summed E-state index contributed by atoms with van der Waals surface area (Å²) in [4.78, 5) is 24.8. The third-order valence-corrected chi connectivity index (χ3v) is 0. The summed E-state index contributed by atoms with van der Waals surface area (Å²) in [5.41, 5.74) is 0. The van der Waals surface area contributed by atoms with Crippen LogP contribution in [0.4, 0.5) is 0 Å². The molecule has 0 radical (unpaired) electrons. The Labute approximate surface area is 328 Å². The van der Waals surface area contributed by atoms with Crippen LogP contribution < -0.4 is 0 Å². The summed E-state index contributed by atoms with van der Waals surface area (Å²) in [6.07, 6.45) is 0. The molecule has 0 atom stereocenters. The van der Waals surface area contributed by atoms with Crippen LogP contribution in [0, 0.1) is 295 Å². The molecule has 19 heavy (non-hydrogen) atoms. The van der Waals surface area contributed by atoms with Gasteiger partial charge in [0.15, 0.2) is 0 Å². The van der Waals surface area contributed by atoms with Crippen molar-refractivity contribution < 1.29 is 290 Å². The molecule has 0 aromatic carbocycles. The van der Waals surface area contributed by atoms with Crippen molar-refractivity contribution >= 4 is 0 Å². The van der Waals surface area contributed by atoms with Gasteiger partial charge in [-0.3, -0.25) is 0 Å². The third kappa shape index (κ3) is 325. The molecule has 0 amide bonds. The molecular formula is H18La7N3O9. The van der Waals surface area contributed by atoms with Gasteiger partial charge in [0, 0.05) is 0 Å². The predicted octanol–water partition coefficient (Wildman–Crippen LogP) is 1.31. The van der Waals surface area contributed by atoms with E-state index in [0.717, 1.165) is 0 Å². The van der Waals surface area contributed by atoms with Crippen LogP contribution in [0.5, 0.6) is 0 Å². The second-order valence-electron chi connectivity index (χ2n) is 0.671. The van der Waals surface area contributed by atoms with Gasteiger partial charge in [-0.1, -0.05) is 0 Å². The smallest absolute Gasteiger partial charge is 1.00 e. The summed E-state index contributed by atoms with van der Waals surface area (Å²) in [5, 5.41) is 44.2. The van der Waals surface area contributed by atoms with Gasteiger partial charge < -0.3 is 71.6 Å². The van der Waals surface area contributed by atoms with Crippen molar-refractivity contribution in [3.63, 3.8) is 0 Å². The molecule has 0 heterocycles. The SMILES string of the molecule is O=[N+]([O-])[O-].O=[N+]([O-])[O-].O=[N+]([O-])[O-].[H-].[H-].[H-].[H-].[H-].[H-].[H-].[H-].[H-].[H-].[H-].[H-].[H-].[H-].[H-].[H-].[H-].[H-].[La+3].[La+3].[La+3].[La+3].[La+3].[La+3].[La+3]. The summed E-state index contributed by atoms with van der Waals surface area (Å²) in [6.45, 7) is 0. The summed E-state index contributed by atoms with van der Waals surface area (Å²) < 4.78 is 0. The molecule has 0 N–H and O–H groups in total. The first-order valence-corrected chi connectivity index (χ1v) is 1.64. The van der Waals surface area contributed by atoms with Gasteiger partial charge in [0.1, 0.15) is 0 Å². The molecule has 0 unspecified atom stereocenters. The Kier molecular flexibility index (Phi) is 190. The van der Waals surface area contributed by atoms with Gasteiger partial charge in [0.25, 0.3) is 0 Å². The van der Waals surface area contributed by atoms with E-state index < -0.39 is 15.3 Å². The van der Waals surface area contributed by atoms with Crippen LogP contribution in [0.1, 0.15) is 25.7 Å². The maximum absolute atomic E-state index is 8.25. The van der Waals surface area contributed by atoms with Crippen LogP contribution in [-0.2, 0) is 0 Å². The van der Waals surface area contributed by atoms with E-state index in [0.29, 0.717) is 0 Å². The monoisotopic (exact) mass is 1180 g/mol. The fourth-order valence-corrected chi connectivity index (χ4v) is 0. The molecule has 19 heteroatoms. The summed E-state index contributed by atoms with van der Waals surface area (Å²) >= 11 is 0. The molecular weight excluding hydrogens is 1160 g/mol. The molecule has 0 rings (SSSR count). The van der Waals surface area contributed by atoms with E-state index in [9.17, 15) is 0 Å². The first-order valence-electron chi connectivity index (χ1n) is 1.64. The van der Waals surface area contributed by atoms with Crippen molar-refractivity contribution in [3.05, 3.63) is 46.0 Å². The minimum absolute atomic E-state index is 0. The van der Waals surface area contributed by atoms with Crippen LogP contribution in [-0.4, -0.2) is 15.3 Å². The van der Waals surface area contributed by atoms with Crippen LogP contribution in [0.15, 0.2) is 0 Å². The second kappa shape index (κ2) is 56.4. The van der Waals surface area contributed by atoms with Gasteiger partial charge >= 0.3 is 249 Å². The van der Waals surface area contributed by atoms with Crippen LogP contribution in [0.25, 0.3) is 0 Å². The largest absolute Gasteiger partial charge is 3.00 e. The fraction of sp³-hybridized carbons (Fsp3) is 0. The normalized spacial score (nSPS) is 3.79. The van der Waals surface area contributed by atoms with Gasteiger partial charge in [-0.2, -0.15) is 0 Å². The van der Waals surface area contributed by atoms with Crippen molar-refractivity contribution in [2.75, 3.05) is 0 Å². The van der Waals surface area contributed by atoms with E-state index in [1.807, 2.05) is 0 Å². The van der Waals surface area contributed by atoms with Crippen LogP contribution in [0.3, 0.4) is 0 Å². The molecule has 0 saturated carbocycles. The Morgan fingerprint density at radius 3 is 0.421 bits per heavy atom. The van der Waals surface area contributed by atoms with Gasteiger partial charge in [0.2, 0.25) is 0 Å². The van der Waals surface area contributed by atoms with Gasteiger partial charge in [-0.05, 0) is 0 Å². The zero-order valence-electron chi connectivity index (χ0n) is 27.1. The quantitative estimate of drug-likeness (QED) is 0.254. The van der Waals surface area contributed by atoms with E-state index in [4.69, 9.17) is 46.0 Å². The maximum Gasteiger partial charge on any atom is 3.00 e. The Hall–Kier alpha value is 5.96. The molecule has 0 bridgehead atoms.